The lowest BCUT2D eigenvalue weighted by Gasteiger charge is -2.40. The zero-order valence-corrected chi connectivity index (χ0v) is 10.3. The number of ether oxygens (including phenoxy) is 1. The lowest BCUT2D eigenvalue weighted by molar-refractivity contribution is 0.0639. The molecule has 1 aliphatic rings. The first kappa shape index (κ1) is 12.7. The maximum atomic E-state index is 12.1. The van der Waals surface area contributed by atoms with Crippen molar-refractivity contribution >= 4 is 5.91 Å². The molecule has 1 amide bonds. The van der Waals surface area contributed by atoms with Gasteiger partial charge in [-0.05, 0) is 31.4 Å². The van der Waals surface area contributed by atoms with E-state index in [9.17, 15) is 15.0 Å². The summed E-state index contributed by atoms with van der Waals surface area (Å²) in [6.07, 6.45) is 2.52. The summed E-state index contributed by atoms with van der Waals surface area (Å²) < 4.78 is 4.95. The molecule has 0 unspecified atom stereocenters. The molecule has 18 heavy (non-hydrogen) atoms. The van der Waals surface area contributed by atoms with Crippen LogP contribution in [0.25, 0.3) is 0 Å². The van der Waals surface area contributed by atoms with E-state index in [2.05, 4.69) is 5.32 Å². The Balaban J connectivity index is 2.19. The van der Waals surface area contributed by atoms with Crippen molar-refractivity contribution in [2.45, 2.75) is 24.8 Å². The average Bonchev–Trinajstić information content (AvgIpc) is 2.34. The molecule has 1 aliphatic carbocycles. The first-order valence-corrected chi connectivity index (χ1v) is 5.91. The zero-order chi connectivity index (χ0) is 13.2. The summed E-state index contributed by atoms with van der Waals surface area (Å²) in [5.74, 6) is -0.306. The molecule has 1 aromatic rings. The number of methoxy groups -OCH3 is 1. The lowest BCUT2D eigenvalue weighted by atomic mass is 9.77. The molecular formula is C13H17NO4. The summed E-state index contributed by atoms with van der Waals surface area (Å²) in [4.78, 5) is 12.1. The van der Waals surface area contributed by atoms with Crippen molar-refractivity contribution in [2.24, 2.45) is 0 Å². The van der Waals surface area contributed by atoms with Gasteiger partial charge in [0.15, 0.2) is 11.5 Å². The Morgan fingerprint density at radius 3 is 2.72 bits per heavy atom. The lowest BCUT2D eigenvalue weighted by Crippen LogP contribution is -2.56. The number of phenols is 1. The van der Waals surface area contributed by atoms with Gasteiger partial charge in [-0.1, -0.05) is 6.07 Å². The van der Waals surface area contributed by atoms with Crippen LogP contribution in [0.5, 0.6) is 11.5 Å². The number of carbonyl (C=O) groups excluding carboxylic acids is 1. The summed E-state index contributed by atoms with van der Waals surface area (Å²) in [5.41, 5.74) is -0.360. The Morgan fingerprint density at radius 2 is 2.22 bits per heavy atom. The van der Waals surface area contributed by atoms with E-state index in [1.54, 1.807) is 12.1 Å². The Kier molecular flexibility index (Phi) is 3.43. The van der Waals surface area contributed by atoms with E-state index in [0.717, 1.165) is 19.3 Å². The third-order valence-electron chi connectivity index (χ3n) is 3.46. The molecule has 1 aromatic carbocycles. The minimum absolute atomic E-state index is 0.0799. The number of phenolic OH excluding ortho intramolecular Hbond substituents is 1. The van der Waals surface area contributed by atoms with Crippen molar-refractivity contribution < 1.29 is 19.7 Å². The first-order chi connectivity index (χ1) is 8.62. The molecule has 1 fully saturated rings. The van der Waals surface area contributed by atoms with E-state index in [0.29, 0.717) is 0 Å². The summed E-state index contributed by atoms with van der Waals surface area (Å²) in [6.45, 7) is -0.0799. The van der Waals surface area contributed by atoms with Gasteiger partial charge in [0, 0.05) is 0 Å². The van der Waals surface area contributed by atoms with Gasteiger partial charge in [-0.2, -0.15) is 0 Å². The van der Waals surface area contributed by atoms with E-state index < -0.39 is 5.54 Å². The minimum atomic E-state index is -0.521. The normalized spacial score (nSPS) is 16.8. The fraction of sp³-hybridized carbons (Fsp3) is 0.462. The molecule has 0 heterocycles. The summed E-state index contributed by atoms with van der Waals surface area (Å²) in [6, 6.07) is 4.74. The highest BCUT2D eigenvalue weighted by Gasteiger charge is 2.38. The predicted octanol–water partition coefficient (Wildman–Crippen LogP) is 1.05. The molecule has 98 valence electrons. The van der Waals surface area contributed by atoms with E-state index in [4.69, 9.17) is 4.74 Å². The zero-order valence-electron chi connectivity index (χ0n) is 10.3. The molecular weight excluding hydrogens is 234 g/mol. The summed E-state index contributed by atoms with van der Waals surface area (Å²) in [5, 5.41) is 22.0. The second kappa shape index (κ2) is 4.86. The number of para-hydroxylation sites is 1. The number of rotatable bonds is 4. The minimum Gasteiger partial charge on any atom is -0.504 e. The third-order valence-corrected chi connectivity index (χ3v) is 3.46. The molecule has 5 heteroatoms. The molecule has 5 nitrogen and oxygen atoms in total. The number of aliphatic hydroxyl groups is 1. The maximum Gasteiger partial charge on any atom is 0.255 e. The second-order valence-corrected chi connectivity index (χ2v) is 4.60. The molecule has 0 bridgehead atoms. The van der Waals surface area contributed by atoms with Gasteiger partial charge in [0.2, 0.25) is 0 Å². The van der Waals surface area contributed by atoms with Crippen LogP contribution < -0.4 is 10.1 Å². The number of hydrogen-bond donors (Lipinski definition) is 3. The van der Waals surface area contributed by atoms with Crippen LogP contribution in [0.2, 0.25) is 0 Å². The van der Waals surface area contributed by atoms with Crippen molar-refractivity contribution in [3.63, 3.8) is 0 Å². The molecule has 0 spiro atoms. The van der Waals surface area contributed by atoms with E-state index in [1.165, 1.54) is 13.2 Å². The van der Waals surface area contributed by atoms with Crippen LogP contribution in [0.4, 0.5) is 0 Å². The molecule has 0 aliphatic heterocycles. The molecule has 0 radical (unpaired) electrons. The summed E-state index contributed by atoms with van der Waals surface area (Å²) in [7, 11) is 1.43. The van der Waals surface area contributed by atoms with Gasteiger partial charge in [0.25, 0.3) is 5.91 Å². The standard InChI is InChI=1S/C13H17NO4/c1-18-10-5-2-4-9(11(10)16)12(17)14-13(8-15)6-3-7-13/h2,4-5,15-16H,3,6-8H2,1H3,(H,14,17). The quantitative estimate of drug-likeness (QED) is 0.747. The van der Waals surface area contributed by atoms with E-state index >= 15 is 0 Å². The van der Waals surface area contributed by atoms with Crippen molar-refractivity contribution in [2.75, 3.05) is 13.7 Å². The summed E-state index contributed by atoms with van der Waals surface area (Å²) >= 11 is 0. The molecule has 0 atom stereocenters. The number of benzene rings is 1. The van der Waals surface area contributed by atoms with Crippen LogP contribution >= 0.6 is 0 Å². The Labute approximate surface area is 105 Å². The van der Waals surface area contributed by atoms with Crippen LogP contribution in [0.3, 0.4) is 0 Å². The average molecular weight is 251 g/mol. The first-order valence-electron chi connectivity index (χ1n) is 5.91. The molecule has 3 N–H and O–H groups in total. The highest BCUT2D eigenvalue weighted by Crippen LogP contribution is 2.33. The van der Waals surface area contributed by atoms with Crippen LogP contribution in [-0.4, -0.2) is 35.4 Å². The van der Waals surface area contributed by atoms with Gasteiger partial charge in [-0.25, -0.2) is 0 Å². The highest BCUT2D eigenvalue weighted by molar-refractivity contribution is 5.98. The Bertz CT molecular complexity index is 449. The molecule has 0 saturated heterocycles. The number of aliphatic hydroxyl groups excluding tert-OH is 1. The molecule has 2 rings (SSSR count). The topological polar surface area (TPSA) is 78.8 Å². The van der Waals surface area contributed by atoms with Gasteiger partial charge in [-0.3, -0.25) is 4.79 Å². The maximum absolute atomic E-state index is 12.1. The van der Waals surface area contributed by atoms with Crippen LogP contribution in [0, 0.1) is 0 Å². The van der Waals surface area contributed by atoms with Crippen LogP contribution in [0.1, 0.15) is 29.6 Å². The number of nitrogens with one attached hydrogen (secondary N) is 1. The SMILES string of the molecule is COc1cccc(C(=O)NC2(CO)CCC2)c1O. The van der Waals surface area contributed by atoms with Crippen molar-refractivity contribution in [3.8, 4) is 11.5 Å². The van der Waals surface area contributed by atoms with Gasteiger partial charge in [0.05, 0.1) is 24.8 Å². The molecule has 0 aromatic heterocycles. The monoisotopic (exact) mass is 251 g/mol. The highest BCUT2D eigenvalue weighted by atomic mass is 16.5. The Hall–Kier alpha value is -1.75. The van der Waals surface area contributed by atoms with Gasteiger partial charge < -0.3 is 20.3 Å². The van der Waals surface area contributed by atoms with Crippen molar-refractivity contribution in [1.82, 2.24) is 5.32 Å². The Morgan fingerprint density at radius 1 is 1.50 bits per heavy atom. The van der Waals surface area contributed by atoms with Gasteiger partial charge in [-0.15, -0.1) is 0 Å². The number of amides is 1. The van der Waals surface area contributed by atoms with E-state index in [1.807, 2.05) is 0 Å². The van der Waals surface area contributed by atoms with Gasteiger partial charge >= 0.3 is 0 Å². The predicted molar refractivity (Wildman–Crippen MR) is 65.8 cm³/mol. The van der Waals surface area contributed by atoms with Crippen LogP contribution in [-0.2, 0) is 0 Å². The smallest absolute Gasteiger partial charge is 0.255 e. The number of carbonyl (C=O) groups is 1. The third kappa shape index (κ3) is 2.13. The fourth-order valence-corrected chi connectivity index (χ4v) is 2.10. The van der Waals surface area contributed by atoms with Crippen molar-refractivity contribution in [3.05, 3.63) is 23.8 Å². The number of hydrogen-bond acceptors (Lipinski definition) is 4. The fourth-order valence-electron chi connectivity index (χ4n) is 2.10. The molecule has 1 saturated carbocycles. The van der Waals surface area contributed by atoms with Gasteiger partial charge in [0.1, 0.15) is 0 Å². The van der Waals surface area contributed by atoms with Crippen LogP contribution in [0.15, 0.2) is 18.2 Å². The number of aromatic hydroxyl groups is 1. The van der Waals surface area contributed by atoms with E-state index in [-0.39, 0.29) is 29.6 Å². The second-order valence-electron chi connectivity index (χ2n) is 4.60. The van der Waals surface area contributed by atoms with Crippen molar-refractivity contribution in [1.29, 1.82) is 0 Å². The largest absolute Gasteiger partial charge is 0.504 e.